The minimum atomic E-state index is -1.31. The molecule has 1 saturated heterocycles. The van der Waals surface area contributed by atoms with Crippen molar-refractivity contribution in [3.05, 3.63) is 42.0 Å². The third-order valence-corrected chi connectivity index (χ3v) is 4.45. The van der Waals surface area contributed by atoms with Crippen molar-refractivity contribution in [1.29, 1.82) is 0 Å². The molecule has 0 bridgehead atoms. The predicted octanol–water partition coefficient (Wildman–Crippen LogP) is 1.08. The van der Waals surface area contributed by atoms with Crippen molar-refractivity contribution in [2.24, 2.45) is 0 Å². The number of hydrogen-bond donors (Lipinski definition) is 0. The molecule has 0 N–H and O–H groups in total. The summed E-state index contributed by atoms with van der Waals surface area (Å²) in [7, 11) is 0. The van der Waals surface area contributed by atoms with Gasteiger partial charge in [0, 0.05) is 18.7 Å². The highest BCUT2D eigenvalue weighted by Crippen LogP contribution is 2.44. The smallest absolute Gasteiger partial charge is 0.293 e. The highest BCUT2D eigenvalue weighted by atomic mass is 16.7. The summed E-state index contributed by atoms with van der Waals surface area (Å²) in [6.07, 6.45) is 3.77. The Bertz CT molecular complexity index is 615. The third-order valence-electron chi connectivity index (χ3n) is 4.45. The average molecular weight is 316 g/mol. The molecule has 23 heavy (non-hydrogen) atoms. The summed E-state index contributed by atoms with van der Waals surface area (Å²) in [6, 6.07) is 7.72. The molecule has 0 saturated carbocycles. The lowest BCUT2D eigenvalue weighted by molar-refractivity contribution is -0.220. The summed E-state index contributed by atoms with van der Waals surface area (Å²) in [5.41, 5.74) is 1.66. The number of rotatable bonds is 2. The van der Waals surface area contributed by atoms with E-state index in [0.717, 1.165) is 24.3 Å². The van der Waals surface area contributed by atoms with Gasteiger partial charge in [-0.2, -0.15) is 0 Å². The lowest BCUT2D eigenvalue weighted by Gasteiger charge is -2.32. The normalized spacial score (nSPS) is 24.0. The lowest BCUT2D eigenvalue weighted by atomic mass is 10.1. The molecule has 0 aromatic heterocycles. The Labute approximate surface area is 135 Å². The van der Waals surface area contributed by atoms with Gasteiger partial charge in [-0.25, -0.2) is 0 Å². The van der Waals surface area contributed by atoms with Crippen LogP contribution in [0.25, 0.3) is 0 Å². The number of morpholine rings is 1. The first-order chi connectivity index (χ1) is 11.3. The quantitative estimate of drug-likeness (QED) is 0.764. The highest BCUT2D eigenvalue weighted by molar-refractivity contribution is 6.06. The van der Waals surface area contributed by atoms with Crippen molar-refractivity contribution in [1.82, 2.24) is 4.90 Å². The van der Waals surface area contributed by atoms with Crippen LogP contribution in [0.2, 0.25) is 0 Å². The SMILES string of the molecule is O=C1N(CN2CCOCC2)c2ccccc2C12OCC=CCO2. The maximum atomic E-state index is 13.2. The molecule has 0 atom stereocenters. The number of hydrogen-bond acceptors (Lipinski definition) is 5. The Balaban J connectivity index is 1.67. The van der Waals surface area contributed by atoms with Gasteiger partial charge in [0.1, 0.15) is 0 Å². The molecule has 1 fully saturated rings. The van der Waals surface area contributed by atoms with E-state index in [-0.39, 0.29) is 5.91 Å². The van der Waals surface area contributed by atoms with Gasteiger partial charge in [0.2, 0.25) is 0 Å². The van der Waals surface area contributed by atoms with Crippen LogP contribution in [0.3, 0.4) is 0 Å². The standard InChI is InChI=1S/C17H20N2O4/c20-16-17(22-9-3-4-10-23-17)14-5-1-2-6-15(14)19(16)13-18-7-11-21-12-8-18/h1-6H,7-13H2. The van der Waals surface area contributed by atoms with Crippen LogP contribution in [0.5, 0.6) is 0 Å². The number of anilines is 1. The van der Waals surface area contributed by atoms with Crippen LogP contribution in [0, 0.1) is 0 Å². The summed E-state index contributed by atoms with van der Waals surface area (Å²) >= 11 is 0. The summed E-state index contributed by atoms with van der Waals surface area (Å²) in [5, 5.41) is 0. The lowest BCUT2D eigenvalue weighted by Crippen LogP contribution is -2.50. The molecule has 3 aliphatic heterocycles. The predicted molar refractivity (Wildman–Crippen MR) is 83.9 cm³/mol. The maximum Gasteiger partial charge on any atom is 0.293 e. The van der Waals surface area contributed by atoms with E-state index in [1.54, 1.807) is 4.90 Å². The Morgan fingerprint density at radius 3 is 2.48 bits per heavy atom. The van der Waals surface area contributed by atoms with Crippen LogP contribution in [0.4, 0.5) is 5.69 Å². The Hall–Kier alpha value is -1.73. The minimum Gasteiger partial charge on any atom is -0.379 e. The highest BCUT2D eigenvalue weighted by Gasteiger charge is 2.54. The number of para-hydroxylation sites is 1. The largest absolute Gasteiger partial charge is 0.379 e. The monoisotopic (exact) mass is 316 g/mol. The molecule has 1 aromatic rings. The van der Waals surface area contributed by atoms with Gasteiger partial charge in [0.05, 0.1) is 38.8 Å². The fourth-order valence-electron chi connectivity index (χ4n) is 3.26. The molecule has 3 heterocycles. The van der Waals surface area contributed by atoms with E-state index in [9.17, 15) is 4.79 Å². The molecular formula is C17H20N2O4. The minimum absolute atomic E-state index is 0.145. The fourth-order valence-corrected chi connectivity index (χ4v) is 3.26. The van der Waals surface area contributed by atoms with Gasteiger partial charge in [-0.3, -0.25) is 14.6 Å². The van der Waals surface area contributed by atoms with E-state index >= 15 is 0 Å². The van der Waals surface area contributed by atoms with E-state index in [1.165, 1.54) is 0 Å². The van der Waals surface area contributed by atoms with E-state index < -0.39 is 5.79 Å². The van der Waals surface area contributed by atoms with Crippen molar-refractivity contribution in [3.63, 3.8) is 0 Å². The van der Waals surface area contributed by atoms with Gasteiger partial charge >= 0.3 is 0 Å². The first-order valence-corrected chi connectivity index (χ1v) is 7.96. The van der Waals surface area contributed by atoms with Gasteiger partial charge in [0.25, 0.3) is 11.7 Å². The third kappa shape index (κ3) is 2.48. The first-order valence-electron chi connectivity index (χ1n) is 7.96. The van der Waals surface area contributed by atoms with Gasteiger partial charge in [0.15, 0.2) is 0 Å². The van der Waals surface area contributed by atoms with Crippen LogP contribution in [-0.2, 0) is 24.8 Å². The summed E-state index contributed by atoms with van der Waals surface area (Å²) in [5.74, 6) is -1.46. The average Bonchev–Trinajstić information content (AvgIpc) is 2.78. The van der Waals surface area contributed by atoms with Crippen LogP contribution in [0.1, 0.15) is 5.56 Å². The van der Waals surface area contributed by atoms with Crippen LogP contribution in [0.15, 0.2) is 36.4 Å². The number of fused-ring (bicyclic) bond motifs is 2. The van der Waals surface area contributed by atoms with Crippen molar-refractivity contribution in [2.75, 3.05) is 51.1 Å². The molecule has 122 valence electrons. The molecular weight excluding hydrogens is 296 g/mol. The van der Waals surface area contributed by atoms with Crippen LogP contribution < -0.4 is 4.90 Å². The molecule has 0 aliphatic carbocycles. The zero-order valence-corrected chi connectivity index (χ0v) is 12.9. The van der Waals surface area contributed by atoms with Crippen LogP contribution in [-0.4, -0.2) is 57.0 Å². The molecule has 3 aliphatic rings. The summed E-state index contributed by atoms with van der Waals surface area (Å²) in [6.45, 7) is 4.31. The maximum absolute atomic E-state index is 13.2. The van der Waals surface area contributed by atoms with Crippen molar-refractivity contribution in [2.45, 2.75) is 5.79 Å². The second kappa shape index (κ2) is 6.05. The molecule has 1 aromatic carbocycles. The topological polar surface area (TPSA) is 51.2 Å². The van der Waals surface area contributed by atoms with E-state index in [0.29, 0.717) is 33.1 Å². The number of carbonyl (C=O) groups excluding carboxylic acids is 1. The van der Waals surface area contributed by atoms with Gasteiger partial charge in [-0.1, -0.05) is 30.4 Å². The zero-order chi connectivity index (χ0) is 15.7. The Kier molecular flexibility index (Phi) is 3.90. The number of benzene rings is 1. The summed E-state index contributed by atoms with van der Waals surface area (Å²) < 4.78 is 17.1. The van der Waals surface area contributed by atoms with Crippen LogP contribution >= 0.6 is 0 Å². The van der Waals surface area contributed by atoms with Gasteiger partial charge in [-0.05, 0) is 6.07 Å². The van der Waals surface area contributed by atoms with Gasteiger partial charge < -0.3 is 14.2 Å². The molecule has 6 nitrogen and oxygen atoms in total. The van der Waals surface area contributed by atoms with Crippen molar-refractivity contribution in [3.8, 4) is 0 Å². The first kappa shape index (κ1) is 14.8. The van der Waals surface area contributed by atoms with Crippen molar-refractivity contribution >= 4 is 11.6 Å². The van der Waals surface area contributed by atoms with E-state index in [2.05, 4.69) is 4.90 Å². The number of nitrogens with zero attached hydrogens (tertiary/aromatic N) is 2. The number of carbonyl (C=O) groups is 1. The molecule has 0 unspecified atom stereocenters. The number of ether oxygens (including phenoxy) is 3. The molecule has 1 amide bonds. The summed E-state index contributed by atoms with van der Waals surface area (Å²) in [4.78, 5) is 17.1. The zero-order valence-electron chi connectivity index (χ0n) is 12.9. The van der Waals surface area contributed by atoms with E-state index in [1.807, 2.05) is 36.4 Å². The second-order valence-electron chi connectivity index (χ2n) is 5.83. The fraction of sp³-hybridized carbons (Fsp3) is 0.471. The molecule has 0 radical (unpaired) electrons. The Morgan fingerprint density at radius 1 is 1.04 bits per heavy atom. The van der Waals surface area contributed by atoms with E-state index in [4.69, 9.17) is 14.2 Å². The van der Waals surface area contributed by atoms with Crippen molar-refractivity contribution < 1.29 is 19.0 Å². The van der Waals surface area contributed by atoms with Gasteiger partial charge in [-0.15, -0.1) is 0 Å². The number of amides is 1. The molecule has 4 rings (SSSR count). The second-order valence-corrected chi connectivity index (χ2v) is 5.83. The Morgan fingerprint density at radius 2 is 1.74 bits per heavy atom. The molecule has 1 spiro atoms. The molecule has 6 heteroatoms.